The first-order valence-corrected chi connectivity index (χ1v) is 9.13. The first kappa shape index (κ1) is 21.9. The summed E-state index contributed by atoms with van der Waals surface area (Å²) in [6.07, 6.45) is 2.82. The predicted octanol–water partition coefficient (Wildman–Crippen LogP) is -0.506. The molecule has 0 saturated carbocycles. The molecular weight excluding hydrogens is 340 g/mol. The Morgan fingerprint density at radius 1 is 1.31 bits per heavy atom. The molecule has 0 aromatic rings. The molecule has 1 aliphatic heterocycles. The number of aliphatic carboxylic acids is 1. The molecule has 148 valence electrons. The van der Waals surface area contributed by atoms with Gasteiger partial charge in [0.2, 0.25) is 17.7 Å². The van der Waals surface area contributed by atoms with Gasteiger partial charge in [0.1, 0.15) is 18.1 Å². The van der Waals surface area contributed by atoms with Crippen LogP contribution in [0.25, 0.3) is 0 Å². The number of rotatable bonds is 11. The van der Waals surface area contributed by atoms with Crippen LogP contribution in [-0.4, -0.2) is 53.5 Å². The van der Waals surface area contributed by atoms with Crippen molar-refractivity contribution in [2.75, 3.05) is 6.54 Å². The number of carbonyl (C=O) groups is 4. The Labute approximate surface area is 153 Å². The zero-order valence-electron chi connectivity index (χ0n) is 15.4. The molecule has 1 fully saturated rings. The van der Waals surface area contributed by atoms with Crippen molar-refractivity contribution in [3.63, 3.8) is 0 Å². The van der Waals surface area contributed by atoms with Gasteiger partial charge in [0, 0.05) is 6.42 Å². The number of amides is 3. The van der Waals surface area contributed by atoms with E-state index in [2.05, 4.69) is 16.0 Å². The van der Waals surface area contributed by atoms with Gasteiger partial charge in [-0.1, -0.05) is 20.3 Å². The van der Waals surface area contributed by atoms with Crippen molar-refractivity contribution in [2.45, 2.75) is 70.5 Å². The highest BCUT2D eigenvalue weighted by Crippen LogP contribution is 2.12. The summed E-state index contributed by atoms with van der Waals surface area (Å²) in [6, 6.07) is -2.54. The summed E-state index contributed by atoms with van der Waals surface area (Å²) >= 11 is 0. The van der Waals surface area contributed by atoms with E-state index in [1.807, 2.05) is 13.8 Å². The van der Waals surface area contributed by atoms with E-state index in [0.717, 1.165) is 0 Å². The molecule has 0 aromatic heterocycles. The SMILES string of the molecule is CCC(C)C(NC(=O)C1CCC(=O)N1)C(=O)NC(CCCCN)C(=O)O. The minimum Gasteiger partial charge on any atom is -0.480 e. The lowest BCUT2D eigenvalue weighted by Gasteiger charge is -2.26. The average molecular weight is 370 g/mol. The van der Waals surface area contributed by atoms with Gasteiger partial charge in [0.15, 0.2) is 0 Å². The first-order valence-electron chi connectivity index (χ1n) is 9.13. The van der Waals surface area contributed by atoms with Crippen molar-refractivity contribution >= 4 is 23.7 Å². The highest BCUT2D eigenvalue weighted by atomic mass is 16.4. The number of hydrogen-bond donors (Lipinski definition) is 5. The Kier molecular flexibility index (Phi) is 9.04. The summed E-state index contributed by atoms with van der Waals surface area (Å²) in [6.45, 7) is 4.14. The maximum Gasteiger partial charge on any atom is 0.326 e. The molecule has 1 saturated heterocycles. The Bertz CT molecular complexity index is 525. The summed E-state index contributed by atoms with van der Waals surface area (Å²) in [7, 11) is 0. The smallest absolute Gasteiger partial charge is 0.326 e. The van der Waals surface area contributed by atoms with Gasteiger partial charge in [-0.25, -0.2) is 4.79 Å². The fourth-order valence-electron chi connectivity index (χ4n) is 2.78. The number of nitrogens with one attached hydrogen (secondary N) is 3. The lowest BCUT2D eigenvalue weighted by Crippen LogP contribution is -2.56. The van der Waals surface area contributed by atoms with Crippen molar-refractivity contribution in [1.82, 2.24) is 16.0 Å². The maximum atomic E-state index is 12.6. The number of unbranched alkanes of at least 4 members (excludes halogenated alkanes) is 1. The third-order valence-electron chi connectivity index (χ3n) is 4.67. The Hall–Kier alpha value is -2.16. The maximum absolute atomic E-state index is 12.6. The molecule has 1 aliphatic rings. The zero-order valence-corrected chi connectivity index (χ0v) is 15.4. The topological polar surface area (TPSA) is 151 Å². The molecule has 4 atom stereocenters. The third-order valence-corrected chi connectivity index (χ3v) is 4.67. The number of carbonyl (C=O) groups excluding carboxylic acids is 3. The largest absolute Gasteiger partial charge is 0.480 e. The number of hydrogen-bond acceptors (Lipinski definition) is 5. The summed E-state index contributed by atoms with van der Waals surface area (Å²) < 4.78 is 0. The molecule has 26 heavy (non-hydrogen) atoms. The standard InChI is InChI=1S/C17H30N4O5/c1-3-10(2)14(21-15(23)11-7-8-13(22)19-11)16(24)20-12(17(25)26)6-4-5-9-18/h10-12,14H,3-9,18H2,1-2H3,(H,19,22)(H,20,24)(H,21,23)(H,25,26). The van der Waals surface area contributed by atoms with Gasteiger partial charge in [-0.05, 0) is 38.1 Å². The molecule has 0 aliphatic carbocycles. The van der Waals surface area contributed by atoms with Gasteiger partial charge in [-0.3, -0.25) is 14.4 Å². The molecule has 1 heterocycles. The quantitative estimate of drug-likeness (QED) is 0.309. The van der Waals surface area contributed by atoms with Crippen LogP contribution < -0.4 is 21.7 Å². The van der Waals surface area contributed by atoms with Crippen molar-refractivity contribution in [2.24, 2.45) is 11.7 Å². The molecular formula is C17H30N4O5. The molecule has 4 unspecified atom stereocenters. The molecule has 0 spiro atoms. The molecule has 0 aromatic carbocycles. The van der Waals surface area contributed by atoms with Gasteiger partial charge >= 0.3 is 5.97 Å². The fourth-order valence-corrected chi connectivity index (χ4v) is 2.78. The van der Waals surface area contributed by atoms with Crippen LogP contribution in [-0.2, 0) is 19.2 Å². The van der Waals surface area contributed by atoms with E-state index >= 15 is 0 Å². The van der Waals surface area contributed by atoms with E-state index < -0.39 is 35.9 Å². The summed E-state index contributed by atoms with van der Waals surface area (Å²) in [5, 5.41) is 17.0. The predicted molar refractivity (Wildman–Crippen MR) is 95.0 cm³/mol. The molecule has 9 nitrogen and oxygen atoms in total. The van der Waals surface area contributed by atoms with Crippen LogP contribution in [0.5, 0.6) is 0 Å². The van der Waals surface area contributed by atoms with Gasteiger partial charge in [0.25, 0.3) is 0 Å². The summed E-state index contributed by atoms with van der Waals surface area (Å²) in [5.74, 6) is -2.45. The highest BCUT2D eigenvalue weighted by molar-refractivity contribution is 5.95. The van der Waals surface area contributed by atoms with E-state index in [9.17, 15) is 24.3 Å². The number of carboxylic acids is 1. The van der Waals surface area contributed by atoms with Gasteiger partial charge in [-0.15, -0.1) is 0 Å². The fraction of sp³-hybridized carbons (Fsp3) is 0.765. The zero-order chi connectivity index (χ0) is 19.7. The molecule has 3 amide bonds. The van der Waals surface area contributed by atoms with Crippen molar-refractivity contribution in [1.29, 1.82) is 0 Å². The highest BCUT2D eigenvalue weighted by Gasteiger charge is 2.33. The second-order valence-corrected chi connectivity index (χ2v) is 6.71. The third kappa shape index (κ3) is 6.62. The van der Waals surface area contributed by atoms with Crippen LogP contribution in [0.3, 0.4) is 0 Å². The minimum atomic E-state index is -1.12. The first-order chi connectivity index (χ1) is 12.3. The van der Waals surface area contributed by atoms with E-state index in [0.29, 0.717) is 32.2 Å². The van der Waals surface area contributed by atoms with Crippen LogP contribution in [0.15, 0.2) is 0 Å². The van der Waals surface area contributed by atoms with Crippen LogP contribution in [0, 0.1) is 5.92 Å². The van der Waals surface area contributed by atoms with Gasteiger partial charge < -0.3 is 26.8 Å². The number of carboxylic acid groups (broad SMARTS) is 1. The van der Waals surface area contributed by atoms with E-state index in [4.69, 9.17) is 5.73 Å². The molecule has 0 bridgehead atoms. The van der Waals surface area contributed by atoms with Crippen LogP contribution in [0.1, 0.15) is 52.4 Å². The monoisotopic (exact) mass is 370 g/mol. The minimum absolute atomic E-state index is 0.186. The van der Waals surface area contributed by atoms with Crippen LogP contribution >= 0.6 is 0 Å². The van der Waals surface area contributed by atoms with Crippen LogP contribution in [0.2, 0.25) is 0 Å². The second-order valence-electron chi connectivity index (χ2n) is 6.71. The Balaban J connectivity index is 2.73. The van der Waals surface area contributed by atoms with E-state index in [-0.39, 0.29) is 24.7 Å². The Morgan fingerprint density at radius 3 is 2.50 bits per heavy atom. The number of nitrogens with two attached hydrogens (primary N) is 1. The second kappa shape index (κ2) is 10.7. The van der Waals surface area contributed by atoms with Crippen LogP contribution in [0.4, 0.5) is 0 Å². The lowest BCUT2D eigenvalue weighted by atomic mass is 9.97. The molecule has 9 heteroatoms. The van der Waals surface area contributed by atoms with Crippen molar-refractivity contribution in [3.05, 3.63) is 0 Å². The van der Waals surface area contributed by atoms with Crippen molar-refractivity contribution < 1.29 is 24.3 Å². The normalized spacial score (nSPS) is 20.0. The van der Waals surface area contributed by atoms with Crippen molar-refractivity contribution in [3.8, 4) is 0 Å². The molecule has 0 radical (unpaired) electrons. The van der Waals surface area contributed by atoms with E-state index in [1.54, 1.807) is 0 Å². The van der Waals surface area contributed by atoms with Gasteiger partial charge in [0.05, 0.1) is 0 Å². The Morgan fingerprint density at radius 2 is 2.00 bits per heavy atom. The lowest BCUT2D eigenvalue weighted by molar-refractivity contribution is -0.142. The summed E-state index contributed by atoms with van der Waals surface area (Å²) in [5.41, 5.74) is 5.41. The summed E-state index contributed by atoms with van der Waals surface area (Å²) in [4.78, 5) is 47.6. The molecule has 1 rings (SSSR count). The average Bonchev–Trinajstić information content (AvgIpc) is 3.04. The van der Waals surface area contributed by atoms with Gasteiger partial charge in [-0.2, -0.15) is 0 Å². The molecule has 6 N–H and O–H groups in total. The van der Waals surface area contributed by atoms with E-state index in [1.165, 1.54) is 0 Å².